The van der Waals surface area contributed by atoms with E-state index in [-0.39, 0.29) is 0 Å². The summed E-state index contributed by atoms with van der Waals surface area (Å²) in [4.78, 5) is 4.72. The third-order valence-electron chi connectivity index (χ3n) is 3.41. The van der Waals surface area contributed by atoms with Crippen LogP contribution in [0.15, 0.2) is 22.7 Å². The number of alkyl halides is 1. The van der Waals surface area contributed by atoms with E-state index in [1.807, 2.05) is 0 Å². The number of hydrogen-bond donors (Lipinski definition) is 0. The average molecular weight is 330 g/mol. The highest BCUT2D eigenvalue weighted by molar-refractivity contribution is 9.10. The Morgan fingerprint density at radius 1 is 1.33 bits per heavy atom. The highest BCUT2D eigenvalue weighted by Crippen LogP contribution is 2.28. The van der Waals surface area contributed by atoms with Gasteiger partial charge in [0.1, 0.15) is 5.82 Å². The van der Waals surface area contributed by atoms with Crippen LogP contribution < -0.4 is 0 Å². The molecule has 0 aliphatic carbocycles. The molecule has 4 heteroatoms. The number of hydrogen-bond acceptors (Lipinski definition) is 1. The maximum atomic E-state index is 5.89. The molecule has 1 unspecified atom stereocenters. The van der Waals surface area contributed by atoms with Gasteiger partial charge in [-0.05, 0) is 31.0 Å². The van der Waals surface area contributed by atoms with Crippen LogP contribution in [-0.2, 0) is 6.42 Å². The lowest BCUT2D eigenvalue weighted by Gasteiger charge is -2.21. The third-order valence-corrected chi connectivity index (χ3v) is 4.10. The van der Waals surface area contributed by atoms with E-state index in [2.05, 4.69) is 59.5 Å². The van der Waals surface area contributed by atoms with Gasteiger partial charge in [0.25, 0.3) is 0 Å². The van der Waals surface area contributed by atoms with Gasteiger partial charge in [0.2, 0.25) is 0 Å². The lowest BCUT2D eigenvalue weighted by Crippen LogP contribution is -2.14. The fourth-order valence-corrected chi connectivity index (χ4v) is 2.65. The standard InChI is InChI=1S/C14H18BrClN2/c1-9(2)10(3)18-13-5-4-11(15)8-12(13)17-14(18)6-7-16/h4-5,8-10H,6-7H2,1-3H3. The summed E-state index contributed by atoms with van der Waals surface area (Å²) >= 11 is 9.38. The van der Waals surface area contributed by atoms with Crippen LogP contribution in [0, 0.1) is 5.92 Å². The number of fused-ring (bicyclic) bond motifs is 1. The molecule has 2 rings (SSSR count). The molecule has 1 heterocycles. The molecular weight excluding hydrogens is 312 g/mol. The molecular formula is C14H18BrClN2. The van der Waals surface area contributed by atoms with Gasteiger partial charge in [-0.1, -0.05) is 29.8 Å². The van der Waals surface area contributed by atoms with Gasteiger partial charge in [0.15, 0.2) is 0 Å². The molecule has 0 radical (unpaired) electrons. The van der Waals surface area contributed by atoms with Crippen molar-refractivity contribution in [3.8, 4) is 0 Å². The molecule has 0 bridgehead atoms. The quantitative estimate of drug-likeness (QED) is 0.737. The maximum Gasteiger partial charge on any atom is 0.111 e. The summed E-state index contributed by atoms with van der Waals surface area (Å²) in [6.45, 7) is 6.71. The molecule has 18 heavy (non-hydrogen) atoms. The van der Waals surface area contributed by atoms with Crippen LogP contribution in [-0.4, -0.2) is 15.4 Å². The first-order chi connectivity index (χ1) is 8.54. The summed E-state index contributed by atoms with van der Waals surface area (Å²) in [5.41, 5.74) is 2.23. The van der Waals surface area contributed by atoms with Crippen LogP contribution >= 0.6 is 27.5 Å². The summed E-state index contributed by atoms with van der Waals surface area (Å²) in [6, 6.07) is 6.69. The summed E-state index contributed by atoms with van der Waals surface area (Å²) < 4.78 is 3.39. The third kappa shape index (κ3) is 2.57. The van der Waals surface area contributed by atoms with Crippen LogP contribution in [0.3, 0.4) is 0 Å². The summed E-state index contributed by atoms with van der Waals surface area (Å²) in [5.74, 6) is 2.26. The van der Waals surface area contributed by atoms with Crippen molar-refractivity contribution >= 4 is 38.6 Å². The molecule has 0 spiro atoms. The van der Waals surface area contributed by atoms with E-state index in [0.29, 0.717) is 17.8 Å². The molecule has 0 saturated heterocycles. The zero-order valence-electron chi connectivity index (χ0n) is 11.0. The van der Waals surface area contributed by atoms with E-state index in [9.17, 15) is 0 Å². The summed E-state index contributed by atoms with van der Waals surface area (Å²) in [7, 11) is 0. The lowest BCUT2D eigenvalue weighted by atomic mass is 10.1. The Labute approximate surface area is 121 Å². The molecule has 0 N–H and O–H groups in total. The molecule has 2 nitrogen and oxygen atoms in total. The van der Waals surface area contributed by atoms with E-state index in [1.54, 1.807) is 0 Å². The topological polar surface area (TPSA) is 17.8 Å². The van der Waals surface area contributed by atoms with Gasteiger partial charge < -0.3 is 4.57 Å². The van der Waals surface area contributed by atoms with Crippen molar-refractivity contribution in [2.24, 2.45) is 5.92 Å². The predicted octanol–water partition coefficient (Wildman–Crippen LogP) is 4.80. The van der Waals surface area contributed by atoms with Gasteiger partial charge >= 0.3 is 0 Å². The van der Waals surface area contributed by atoms with Gasteiger partial charge in [0.05, 0.1) is 11.0 Å². The number of nitrogens with zero attached hydrogens (tertiary/aromatic N) is 2. The zero-order chi connectivity index (χ0) is 13.3. The van der Waals surface area contributed by atoms with Crippen LogP contribution in [0.1, 0.15) is 32.6 Å². The maximum absolute atomic E-state index is 5.89. The minimum atomic E-state index is 0.425. The molecule has 0 amide bonds. The monoisotopic (exact) mass is 328 g/mol. The first-order valence-electron chi connectivity index (χ1n) is 6.27. The van der Waals surface area contributed by atoms with Crippen LogP contribution in [0.2, 0.25) is 0 Å². The zero-order valence-corrected chi connectivity index (χ0v) is 13.3. The van der Waals surface area contributed by atoms with E-state index in [0.717, 1.165) is 22.2 Å². The predicted molar refractivity (Wildman–Crippen MR) is 81.4 cm³/mol. The molecule has 0 fully saturated rings. The Balaban J connectivity index is 2.62. The molecule has 0 aliphatic heterocycles. The van der Waals surface area contributed by atoms with E-state index >= 15 is 0 Å². The molecule has 0 aliphatic rings. The van der Waals surface area contributed by atoms with Gasteiger partial charge in [-0.15, -0.1) is 11.6 Å². The Bertz CT molecular complexity index is 548. The first kappa shape index (κ1) is 13.9. The van der Waals surface area contributed by atoms with Gasteiger partial charge in [-0.3, -0.25) is 0 Å². The van der Waals surface area contributed by atoms with Crippen molar-refractivity contribution in [3.63, 3.8) is 0 Å². The normalized spacial score (nSPS) is 13.4. The molecule has 2 aromatic rings. The Hall–Kier alpha value is -0.540. The fraction of sp³-hybridized carbons (Fsp3) is 0.500. The number of benzene rings is 1. The fourth-order valence-electron chi connectivity index (χ4n) is 2.14. The highest BCUT2D eigenvalue weighted by atomic mass is 79.9. The van der Waals surface area contributed by atoms with E-state index in [4.69, 9.17) is 16.6 Å². The number of imidazole rings is 1. The largest absolute Gasteiger partial charge is 0.325 e. The number of aryl methyl sites for hydroxylation is 1. The van der Waals surface area contributed by atoms with Crippen molar-refractivity contribution in [2.75, 3.05) is 5.88 Å². The first-order valence-corrected chi connectivity index (χ1v) is 7.59. The van der Waals surface area contributed by atoms with Crippen molar-refractivity contribution in [2.45, 2.75) is 33.2 Å². The molecule has 0 saturated carbocycles. The highest BCUT2D eigenvalue weighted by Gasteiger charge is 2.17. The Kier molecular flexibility index (Phi) is 4.33. The Morgan fingerprint density at radius 3 is 2.67 bits per heavy atom. The molecule has 1 atom stereocenters. The minimum Gasteiger partial charge on any atom is -0.325 e. The van der Waals surface area contributed by atoms with Crippen LogP contribution in [0.4, 0.5) is 0 Å². The lowest BCUT2D eigenvalue weighted by molar-refractivity contribution is 0.407. The van der Waals surface area contributed by atoms with Crippen LogP contribution in [0.25, 0.3) is 11.0 Å². The van der Waals surface area contributed by atoms with E-state index < -0.39 is 0 Å². The molecule has 1 aromatic carbocycles. The minimum absolute atomic E-state index is 0.425. The second kappa shape index (κ2) is 5.62. The van der Waals surface area contributed by atoms with Gasteiger partial charge in [0, 0.05) is 22.8 Å². The Morgan fingerprint density at radius 2 is 2.06 bits per heavy atom. The average Bonchev–Trinajstić information content (AvgIpc) is 2.65. The number of rotatable bonds is 4. The number of aromatic nitrogens is 2. The second-order valence-corrected chi connectivity index (χ2v) is 6.25. The second-order valence-electron chi connectivity index (χ2n) is 4.95. The van der Waals surface area contributed by atoms with Crippen molar-refractivity contribution in [3.05, 3.63) is 28.5 Å². The smallest absolute Gasteiger partial charge is 0.111 e. The van der Waals surface area contributed by atoms with Gasteiger partial charge in [-0.2, -0.15) is 0 Å². The van der Waals surface area contributed by atoms with E-state index in [1.165, 1.54) is 5.52 Å². The van der Waals surface area contributed by atoms with Crippen molar-refractivity contribution in [1.82, 2.24) is 9.55 Å². The molecule has 98 valence electrons. The number of halogens is 2. The van der Waals surface area contributed by atoms with Crippen molar-refractivity contribution in [1.29, 1.82) is 0 Å². The van der Waals surface area contributed by atoms with Crippen LogP contribution in [0.5, 0.6) is 0 Å². The van der Waals surface area contributed by atoms with Crippen molar-refractivity contribution < 1.29 is 0 Å². The summed E-state index contributed by atoms with van der Waals surface area (Å²) in [6.07, 6.45) is 0.810. The summed E-state index contributed by atoms with van der Waals surface area (Å²) in [5, 5.41) is 0. The molecule has 1 aromatic heterocycles. The SMILES string of the molecule is CC(C)C(C)n1c(CCCl)nc2cc(Br)ccc21. The van der Waals surface area contributed by atoms with Gasteiger partial charge in [-0.25, -0.2) is 4.98 Å².